The Balaban J connectivity index is 1.66. The number of nitrogens with one attached hydrogen (secondary N) is 1. The number of hydrogen-bond donors (Lipinski definition) is 1. The molecule has 122 valence electrons. The zero-order valence-electron chi connectivity index (χ0n) is 12.7. The SMILES string of the molecule is COCCOCC(=O)NC1CCN(C(=O)c2ccco2)CC1. The summed E-state index contributed by atoms with van der Waals surface area (Å²) >= 11 is 0. The molecule has 1 fully saturated rings. The summed E-state index contributed by atoms with van der Waals surface area (Å²) in [6.07, 6.45) is 2.95. The summed E-state index contributed by atoms with van der Waals surface area (Å²) in [6.45, 7) is 2.12. The number of piperidine rings is 1. The Morgan fingerprint density at radius 2 is 2.14 bits per heavy atom. The number of hydrogen-bond acceptors (Lipinski definition) is 5. The minimum atomic E-state index is -0.132. The lowest BCUT2D eigenvalue weighted by molar-refractivity contribution is -0.127. The van der Waals surface area contributed by atoms with E-state index in [4.69, 9.17) is 13.9 Å². The third-order valence-electron chi connectivity index (χ3n) is 3.54. The molecule has 2 rings (SSSR count). The Morgan fingerprint density at radius 1 is 1.36 bits per heavy atom. The summed E-state index contributed by atoms with van der Waals surface area (Å²) in [5, 5.41) is 2.92. The van der Waals surface area contributed by atoms with E-state index in [1.165, 1.54) is 6.26 Å². The van der Waals surface area contributed by atoms with Crippen LogP contribution in [0.2, 0.25) is 0 Å². The van der Waals surface area contributed by atoms with E-state index in [9.17, 15) is 9.59 Å². The van der Waals surface area contributed by atoms with Crippen LogP contribution in [0, 0.1) is 0 Å². The van der Waals surface area contributed by atoms with Crippen LogP contribution in [0.3, 0.4) is 0 Å². The van der Waals surface area contributed by atoms with Crippen molar-refractivity contribution in [2.45, 2.75) is 18.9 Å². The quantitative estimate of drug-likeness (QED) is 0.748. The molecule has 22 heavy (non-hydrogen) atoms. The maximum Gasteiger partial charge on any atom is 0.289 e. The zero-order chi connectivity index (χ0) is 15.8. The fourth-order valence-corrected chi connectivity index (χ4v) is 2.36. The summed E-state index contributed by atoms with van der Waals surface area (Å²) in [4.78, 5) is 25.6. The molecular formula is C15H22N2O5. The van der Waals surface area contributed by atoms with Gasteiger partial charge in [-0.2, -0.15) is 0 Å². The summed E-state index contributed by atoms with van der Waals surface area (Å²) in [7, 11) is 1.58. The Morgan fingerprint density at radius 3 is 2.77 bits per heavy atom. The highest BCUT2D eigenvalue weighted by Crippen LogP contribution is 2.14. The predicted octanol–water partition coefficient (Wildman–Crippen LogP) is 0.663. The number of rotatable bonds is 7. The van der Waals surface area contributed by atoms with Crippen molar-refractivity contribution >= 4 is 11.8 Å². The Bertz CT molecular complexity index is 466. The van der Waals surface area contributed by atoms with Crippen LogP contribution in [0.25, 0.3) is 0 Å². The van der Waals surface area contributed by atoms with Gasteiger partial charge >= 0.3 is 0 Å². The molecule has 1 saturated heterocycles. The van der Waals surface area contributed by atoms with Crippen molar-refractivity contribution in [1.29, 1.82) is 0 Å². The van der Waals surface area contributed by atoms with Gasteiger partial charge in [0.2, 0.25) is 5.91 Å². The second-order valence-corrected chi connectivity index (χ2v) is 5.16. The predicted molar refractivity (Wildman–Crippen MR) is 78.5 cm³/mol. The van der Waals surface area contributed by atoms with E-state index in [0.717, 1.165) is 12.8 Å². The molecule has 1 aromatic rings. The van der Waals surface area contributed by atoms with Crippen molar-refractivity contribution in [2.24, 2.45) is 0 Å². The van der Waals surface area contributed by atoms with E-state index in [0.29, 0.717) is 32.1 Å². The van der Waals surface area contributed by atoms with E-state index in [2.05, 4.69) is 5.32 Å². The largest absolute Gasteiger partial charge is 0.459 e. The van der Waals surface area contributed by atoms with Gasteiger partial charge in [0.15, 0.2) is 5.76 Å². The monoisotopic (exact) mass is 310 g/mol. The van der Waals surface area contributed by atoms with Crippen molar-refractivity contribution in [2.75, 3.05) is 40.0 Å². The lowest BCUT2D eigenvalue weighted by Crippen LogP contribution is -2.47. The van der Waals surface area contributed by atoms with Crippen molar-refractivity contribution in [1.82, 2.24) is 10.2 Å². The van der Waals surface area contributed by atoms with Gasteiger partial charge in [-0.25, -0.2) is 0 Å². The molecule has 0 spiro atoms. The molecule has 0 saturated carbocycles. The Kier molecular flexibility index (Phi) is 6.42. The van der Waals surface area contributed by atoms with Gasteiger partial charge in [0.25, 0.3) is 5.91 Å². The average molecular weight is 310 g/mol. The number of ether oxygens (including phenoxy) is 2. The second kappa shape index (κ2) is 8.55. The molecule has 0 unspecified atom stereocenters. The van der Waals surface area contributed by atoms with Gasteiger partial charge < -0.3 is 24.1 Å². The lowest BCUT2D eigenvalue weighted by Gasteiger charge is -2.31. The molecule has 7 nitrogen and oxygen atoms in total. The van der Waals surface area contributed by atoms with Gasteiger partial charge in [0, 0.05) is 26.2 Å². The highest BCUT2D eigenvalue weighted by atomic mass is 16.5. The van der Waals surface area contributed by atoms with Crippen LogP contribution in [0.1, 0.15) is 23.4 Å². The first-order chi connectivity index (χ1) is 10.7. The molecule has 2 heterocycles. The van der Waals surface area contributed by atoms with Crippen LogP contribution in [0.15, 0.2) is 22.8 Å². The maximum atomic E-state index is 12.1. The Labute approximate surface area is 129 Å². The standard InChI is InChI=1S/C15H22N2O5/c1-20-9-10-21-11-14(18)16-12-4-6-17(7-5-12)15(19)13-3-2-8-22-13/h2-3,8,12H,4-7,9-11H2,1H3,(H,16,18). The van der Waals surface area contributed by atoms with Crippen LogP contribution >= 0.6 is 0 Å². The topological polar surface area (TPSA) is 81.0 Å². The van der Waals surface area contributed by atoms with Crippen molar-refractivity contribution in [3.8, 4) is 0 Å². The van der Waals surface area contributed by atoms with Crippen LogP contribution in [0.4, 0.5) is 0 Å². The molecule has 0 radical (unpaired) electrons. The van der Waals surface area contributed by atoms with Crippen molar-refractivity contribution in [3.63, 3.8) is 0 Å². The van der Waals surface area contributed by atoms with Gasteiger partial charge in [-0.3, -0.25) is 9.59 Å². The molecular weight excluding hydrogens is 288 g/mol. The molecule has 0 aromatic carbocycles. The summed E-state index contributed by atoms with van der Waals surface area (Å²) < 4.78 is 15.1. The lowest BCUT2D eigenvalue weighted by atomic mass is 10.0. The van der Waals surface area contributed by atoms with E-state index < -0.39 is 0 Å². The number of likely N-dealkylation sites (tertiary alicyclic amines) is 1. The molecule has 0 atom stereocenters. The third kappa shape index (κ3) is 4.85. The third-order valence-corrected chi connectivity index (χ3v) is 3.54. The van der Waals surface area contributed by atoms with E-state index in [1.807, 2.05) is 0 Å². The minimum absolute atomic E-state index is 0.0366. The summed E-state index contributed by atoms with van der Waals surface area (Å²) in [5.41, 5.74) is 0. The van der Waals surface area contributed by atoms with Crippen molar-refractivity contribution in [3.05, 3.63) is 24.2 Å². The average Bonchev–Trinajstić information content (AvgIpc) is 3.06. The van der Waals surface area contributed by atoms with E-state index >= 15 is 0 Å². The number of methoxy groups -OCH3 is 1. The number of nitrogens with zero attached hydrogens (tertiary/aromatic N) is 1. The van der Waals surface area contributed by atoms with E-state index in [-0.39, 0.29) is 24.5 Å². The normalized spacial score (nSPS) is 15.8. The first-order valence-electron chi connectivity index (χ1n) is 7.39. The van der Waals surface area contributed by atoms with Crippen molar-refractivity contribution < 1.29 is 23.5 Å². The van der Waals surface area contributed by atoms with Gasteiger partial charge in [-0.05, 0) is 25.0 Å². The Hall–Kier alpha value is -1.86. The van der Waals surface area contributed by atoms with Gasteiger partial charge in [-0.15, -0.1) is 0 Å². The molecule has 1 aromatic heterocycles. The highest BCUT2D eigenvalue weighted by molar-refractivity contribution is 5.91. The molecule has 1 N–H and O–H groups in total. The molecule has 1 aliphatic heterocycles. The number of carbonyl (C=O) groups excluding carboxylic acids is 2. The first-order valence-corrected chi connectivity index (χ1v) is 7.39. The summed E-state index contributed by atoms with van der Waals surface area (Å²) in [5.74, 6) is 0.124. The second-order valence-electron chi connectivity index (χ2n) is 5.16. The van der Waals surface area contributed by atoms with E-state index in [1.54, 1.807) is 24.1 Å². The molecule has 7 heteroatoms. The number of amides is 2. The fourth-order valence-electron chi connectivity index (χ4n) is 2.36. The number of carbonyl (C=O) groups is 2. The molecule has 1 aliphatic rings. The van der Waals surface area contributed by atoms with Crippen LogP contribution < -0.4 is 5.32 Å². The van der Waals surface area contributed by atoms with Crippen LogP contribution in [-0.4, -0.2) is 62.8 Å². The fraction of sp³-hybridized carbons (Fsp3) is 0.600. The first kappa shape index (κ1) is 16.5. The number of furan rings is 1. The summed E-state index contributed by atoms with van der Waals surface area (Å²) in [6, 6.07) is 3.44. The van der Waals surface area contributed by atoms with Gasteiger partial charge in [-0.1, -0.05) is 0 Å². The maximum absolute atomic E-state index is 12.1. The minimum Gasteiger partial charge on any atom is -0.459 e. The van der Waals surface area contributed by atoms with Crippen LogP contribution in [0.5, 0.6) is 0 Å². The van der Waals surface area contributed by atoms with Gasteiger partial charge in [0.05, 0.1) is 19.5 Å². The van der Waals surface area contributed by atoms with Gasteiger partial charge in [0.1, 0.15) is 6.61 Å². The zero-order valence-corrected chi connectivity index (χ0v) is 12.7. The smallest absolute Gasteiger partial charge is 0.289 e. The highest BCUT2D eigenvalue weighted by Gasteiger charge is 2.25. The molecule has 0 bridgehead atoms. The molecule has 0 aliphatic carbocycles. The van der Waals surface area contributed by atoms with Crippen LogP contribution in [-0.2, 0) is 14.3 Å². The molecule has 2 amide bonds.